The molecule has 2 heterocycles. The van der Waals surface area contributed by atoms with Gasteiger partial charge < -0.3 is 10.1 Å². The first-order valence-electron chi connectivity index (χ1n) is 13.0. The van der Waals surface area contributed by atoms with E-state index >= 15 is 0 Å². The maximum atomic E-state index is 13.6. The minimum Gasteiger partial charge on any atom is -0.462 e. The van der Waals surface area contributed by atoms with Gasteiger partial charge in [0.25, 0.3) is 5.56 Å². The van der Waals surface area contributed by atoms with E-state index in [1.165, 1.54) is 17.0 Å². The number of aromatic nitrogens is 2. The fourth-order valence-corrected chi connectivity index (χ4v) is 4.73. The third-order valence-electron chi connectivity index (χ3n) is 6.44. The highest BCUT2D eigenvalue weighted by molar-refractivity contribution is 6.31. The van der Waals surface area contributed by atoms with Crippen molar-refractivity contribution in [2.75, 3.05) is 16.9 Å². The molecule has 1 amide bonds. The van der Waals surface area contributed by atoms with Crippen molar-refractivity contribution in [2.45, 2.75) is 19.4 Å². The van der Waals surface area contributed by atoms with Gasteiger partial charge in [-0.2, -0.15) is 0 Å². The number of esters is 1. The van der Waals surface area contributed by atoms with Crippen LogP contribution in [-0.2, 0) is 16.0 Å². The molecular formula is C30H26Cl2N6O4. The smallest absolute Gasteiger partial charge is 0.338 e. The summed E-state index contributed by atoms with van der Waals surface area (Å²) >= 11 is 12.3. The van der Waals surface area contributed by atoms with Crippen LogP contribution < -0.4 is 26.8 Å². The molecule has 0 unspecified atom stereocenters. The van der Waals surface area contributed by atoms with Gasteiger partial charge in [0.05, 0.1) is 36.1 Å². The Balaban J connectivity index is 1.46. The van der Waals surface area contributed by atoms with Crippen molar-refractivity contribution in [1.82, 2.24) is 20.5 Å². The van der Waals surface area contributed by atoms with Crippen LogP contribution in [0.1, 0.15) is 28.9 Å². The Morgan fingerprint density at radius 3 is 2.45 bits per heavy atom. The quantitative estimate of drug-likeness (QED) is 0.180. The third kappa shape index (κ3) is 6.63. The molecule has 1 aliphatic rings. The summed E-state index contributed by atoms with van der Waals surface area (Å²) in [6.45, 7) is 1.99. The topological polar surface area (TPSA) is 118 Å². The number of halogens is 2. The highest BCUT2D eigenvalue weighted by Gasteiger charge is 2.24. The van der Waals surface area contributed by atoms with Gasteiger partial charge in [-0.15, -0.1) is 5.53 Å². The Morgan fingerprint density at radius 1 is 1.02 bits per heavy atom. The molecule has 4 aromatic rings. The van der Waals surface area contributed by atoms with Crippen molar-refractivity contribution >= 4 is 46.5 Å². The summed E-state index contributed by atoms with van der Waals surface area (Å²) in [5, 5.41) is 5.33. The van der Waals surface area contributed by atoms with Crippen LogP contribution in [0, 0.1) is 0 Å². The van der Waals surface area contributed by atoms with Gasteiger partial charge in [-0.1, -0.05) is 53.5 Å². The first-order chi connectivity index (χ1) is 20.3. The Bertz CT molecular complexity index is 1690. The molecule has 5 rings (SSSR count). The predicted molar refractivity (Wildman–Crippen MR) is 162 cm³/mol. The monoisotopic (exact) mass is 604 g/mol. The van der Waals surface area contributed by atoms with Gasteiger partial charge in [0, 0.05) is 28.8 Å². The standard InChI is InChI=1S/C30H26Cl2N6O4/c1-2-42-30(41)20-8-11-22(12-9-20)34-29(40)26(14-19-6-4-3-5-7-19)37-18-33-24(16-28(37)39)23-15-21(31)10-13-25(23)38-17-27(32)35-36-38/h3-13,15-18,26,35-36H,2,14H2,1H3,(H,34,40)/t26-/m0/s1. The number of hydrogen-bond donors (Lipinski definition) is 3. The first-order valence-corrected chi connectivity index (χ1v) is 13.8. The molecule has 3 N–H and O–H groups in total. The van der Waals surface area contributed by atoms with Gasteiger partial charge in [-0.25, -0.2) is 9.78 Å². The summed E-state index contributed by atoms with van der Waals surface area (Å²) in [5.74, 6) is -0.872. The van der Waals surface area contributed by atoms with Crippen molar-refractivity contribution in [3.05, 3.63) is 123 Å². The Kier molecular flexibility index (Phi) is 8.87. The van der Waals surface area contributed by atoms with Crippen LogP contribution in [0.15, 0.2) is 101 Å². The molecule has 0 radical (unpaired) electrons. The van der Waals surface area contributed by atoms with Crippen molar-refractivity contribution in [3.63, 3.8) is 0 Å². The number of hydrazine groups is 2. The molecule has 0 saturated carbocycles. The van der Waals surface area contributed by atoms with Gasteiger partial charge in [-0.3, -0.25) is 24.6 Å². The number of carbonyl (C=O) groups is 2. The van der Waals surface area contributed by atoms with Crippen LogP contribution in [0.4, 0.5) is 11.4 Å². The largest absolute Gasteiger partial charge is 0.462 e. The van der Waals surface area contributed by atoms with Gasteiger partial charge in [0.1, 0.15) is 11.2 Å². The molecule has 1 aliphatic heterocycles. The van der Waals surface area contributed by atoms with E-state index in [0.717, 1.165) is 5.56 Å². The highest BCUT2D eigenvalue weighted by atomic mass is 35.5. The molecule has 3 aromatic carbocycles. The Morgan fingerprint density at radius 2 is 1.79 bits per heavy atom. The number of carbonyl (C=O) groups excluding carboxylic acids is 2. The number of amides is 1. The predicted octanol–water partition coefficient (Wildman–Crippen LogP) is 5.03. The van der Waals surface area contributed by atoms with E-state index in [1.807, 2.05) is 30.3 Å². The van der Waals surface area contributed by atoms with Crippen molar-refractivity contribution in [2.24, 2.45) is 0 Å². The zero-order valence-electron chi connectivity index (χ0n) is 22.4. The summed E-state index contributed by atoms with van der Waals surface area (Å²) in [7, 11) is 0. The fourth-order valence-electron chi connectivity index (χ4n) is 4.42. The number of rotatable bonds is 9. The Labute approximate surface area is 251 Å². The average Bonchev–Trinajstić information content (AvgIpc) is 3.43. The van der Waals surface area contributed by atoms with Crippen LogP contribution in [0.25, 0.3) is 11.3 Å². The van der Waals surface area contributed by atoms with E-state index in [2.05, 4.69) is 21.3 Å². The summed E-state index contributed by atoms with van der Waals surface area (Å²) in [6.07, 6.45) is 3.23. The fraction of sp³-hybridized carbons (Fsp3) is 0.133. The van der Waals surface area contributed by atoms with Crippen LogP contribution in [0.2, 0.25) is 5.02 Å². The molecule has 0 bridgehead atoms. The minimum atomic E-state index is -0.920. The summed E-state index contributed by atoms with van der Waals surface area (Å²) in [6, 6.07) is 21.3. The number of hydrogen-bond acceptors (Lipinski definition) is 8. The van der Waals surface area contributed by atoms with E-state index in [0.29, 0.717) is 38.4 Å². The lowest BCUT2D eigenvalue weighted by Crippen LogP contribution is -2.36. The maximum absolute atomic E-state index is 13.6. The minimum absolute atomic E-state index is 0.240. The average molecular weight is 605 g/mol. The van der Waals surface area contributed by atoms with E-state index < -0.39 is 23.5 Å². The normalized spacial score (nSPS) is 13.2. The molecule has 0 aliphatic carbocycles. The van der Waals surface area contributed by atoms with Gasteiger partial charge in [-0.05, 0) is 55.0 Å². The molecule has 10 nitrogen and oxygen atoms in total. The molecular weight excluding hydrogens is 579 g/mol. The number of ether oxygens (including phenoxy) is 1. The molecule has 1 aromatic heterocycles. The van der Waals surface area contributed by atoms with Crippen LogP contribution in [0.5, 0.6) is 0 Å². The zero-order valence-corrected chi connectivity index (χ0v) is 23.9. The second kappa shape index (κ2) is 12.9. The Hall–Kier alpha value is -4.64. The number of nitrogens with zero attached hydrogens (tertiary/aromatic N) is 3. The molecule has 0 fully saturated rings. The van der Waals surface area contributed by atoms with Crippen molar-refractivity contribution in [3.8, 4) is 11.3 Å². The lowest BCUT2D eigenvalue weighted by atomic mass is 10.0. The lowest BCUT2D eigenvalue weighted by molar-refractivity contribution is -0.119. The van der Waals surface area contributed by atoms with Gasteiger partial charge in [0.2, 0.25) is 5.91 Å². The van der Waals surface area contributed by atoms with Crippen LogP contribution >= 0.6 is 23.2 Å². The van der Waals surface area contributed by atoms with E-state index in [9.17, 15) is 14.4 Å². The number of nitrogens with one attached hydrogen (secondary N) is 3. The lowest BCUT2D eigenvalue weighted by Gasteiger charge is -2.21. The van der Waals surface area contributed by atoms with Crippen molar-refractivity contribution < 1.29 is 14.3 Å². The third-order valence-corrected chi connectivity index (χ3v) is 6.87. The molecule has 12 heteroatoms. The second-order valence-corrected chi connectivity index (χ2v) is 10.1. The number of benzene rings is 3. The van der Waals surface area contributed by atoms with Crippen LogP contribution in [-0.4, -0.2) is 28.0 Å². The zero-order chi connectivity index (χ0) is 29.6. The molecule has 1 atom stereocenters. The van der Waals surface area contributed by atoms with Gasteiger partial charge in [0.15, 0.2) is 0 Å². The number of anilines is 2. The SMILES string of the molecule is CCOC(=O)c1ccc(NC(=O)[C@H](Cc2ccccc2)n2cnc(-c3cc(Cl)ccc3N3C=C(Cl)NN3)cc2=O)cc1. The van der Waals surface area contributed by atoms with E-state index in [4.69, 9.17) is 27.9 Å². The van der Waals surface area contributed by atoms with Gasteiger partial charge >= 0.3 is 5.97 Å². The summed E-state index contributed by atoms with van der Waals surface area (Å²) < 4.78 is 6.32. The summed E-state index contributed by atoms with van der Waals surface area (Å²) in [4.78, 5) is 43.7. The second-order valence-electron chi connectivity index (χ2n) is 9.26. The summed E-state index contributed by atoms with van der Waals surface area (Å²) in [5.41, 5.74) is 8.54. The molecule has 0 spiro atoms. The van der Waals surface area contributed by atoms with Crippen molar-refractivity contribution in [1.29, 1.82) is 0 Å². The molecule has 42 heavy (non-hydrogen) atoms. The maximum Gasteiger partial charge on any atom is 0.338 e. The van der Waals surface area contributed by atoms with E-state index in [-0.39, 0.29) is 13.0 Å². The molecule has 0 saturated heterocycles. The van der Waals surface area contributed by atoms with Crippen LogP contribution in [0.3, 0.4) is 0 Å². The first kappa shape index (κ1) is 28.9. The highest BCUT2D eigenvalue weighted by Crippen LogP contribution is 2.32. The molecule has 214 valence electrons. The van der Waals surface area contributed by atoms with E-state index in [1.54, 1.807) is 60.6 Å².